The standard InChI is InChI=1S/C17H25N3O4.ClH/c1-19-15(21)10-24-13-6-5-12(9-14(13)23-2)16(22)20-17(11-18)7-3-4-8-17;/h5-6,9H,3-4,7-8,10-11,18H2,1-2H3,(H,19,21)(H,20,22);1H. The number of likely N-dealkylation sites (N-methyl/N-ethyl adjacent to an activating group) is 1. The van der Waals surface area contributed by atoms with E-state index in [1.54, 1.807) is 18.2 Å². The highest BCUT2D eigenvalue weighted by atomic mass is 35.5. The van der Waals surface area contributed by atoms with E-state index in [-0.39, 0.29) is 36.4 Å². The molecule has 2 rings (SSSR count). The van der Waals surface area contributed by atoms with Gasteiger partial charge in [0.15, 0.2) is 18.1 Å². The van der Waals surface area contributed by atoms with Crippen LogP contribution in [0.1, 0.15) is 36.0 Å². The van der Waals surface area contributed by atoms with Crippen molar-refractivity contribution in [2.24, 2.45) is 5.73 Å². The molecule has 0 heterocycles. The summed E-state index contributed by atoms with van der Waals surface area (Å²) in [7, 11) is 3.02. The zero-order valence-corrected chi connectivity index (χ0v) is 15.4. The molecule has 0 aliphatic heterocycles. The lowest BCUT2D eigenvalue weighted by Crippen LogP contribution is -2.51. The van der Waals surface area contributed by atoms with Crippen LogP contribution >= 0.6 is 12.4 Å². The molecule has 0 atom stereocenters. The lowest BCUT2D eigenvalue weighted by molar-refractivity contribution is -0.122. The predicted molar refractivity (Wildman–Crippen MR) is 97.5 cm³/mol. The summed E-state index contributed by atoms with van der Waals surface area (Å²) < 4.78 is 10.7. The van der Waals surface area contributed by atoms with Crippen molar-refractivity contribution in [1.29, 1.82) is 0 Å². The molecular formula is C17H26ClN3O4. The van der Waals surface area contributed by atoms with E-state index in [4.69, 9.17) is 15.2 Å². The maximum absolute atomic E-state index is 12.5. The summed E-state index contributed by atoms with van der Waals surface area (Å²) in [6.45, 7) is 0.317. The van der Waals surface area contributed by atoms with Crippen molar-refractivity contribution in [3.05, 3.63) is 23.8 Å². The molecule has 7 nitrogen and oxygen atoms in total. The molecular weight excluding hydrogens is 346 g/mol. The summed E-state index contributed by atoms with van der Waals surface area (Å²) >= 11 is 0. The van der Waals surface area contributed by atoms with Gasteiger partial charge in [0, 0.05) is 19.2 Å². The highest BCUT2D eigenvalue weighted by Gasteiger charge is 2.34. The van der Waals surface area contributed by atoms with Crippen molar-refractivity contribution in [3.8, 4) is 11.5 Å². The van der Waals surface area contributed by atoms with E-state index in [1.165, 1.54) is 14.2 Å². The minimum absolute atomic E-state index is 0. The van der Waals surface area contributed by atoms with Crippen LogP contribution in [0.5, 0.6) is 11.5 Å². The molecule has 2 amide bonds. The maximum Gasteiger partial charge on any atom is 0.257 e. The second-order valence-corrected chi connectivity index (χ2v) is 5.97. The van der Waals surface area contributed by atoms with E-state index in [0.29, 0.717) is 23.6 Å². The van der Waals surface area contributed by atoms with E-state index in [2.05, 4.69) is 10.6 Å². The Balaban J connectivity index is 0.00000312. The molecule has 0 saturated heterocycles. The van der Waals surface area contributed by atoms with Gasteiger partial charge in [0.25, 0.3) is 11.8 Å². The first-order chi connectivity index (χ1) is 11.5. The molecule has 1 saturated carbocycles. The van der Waals surface area contributed by atoms with Crippen LogP contribution in [0, 0.1) is 0 Å². The summed E-state index contributed by atoms with van der Waals surface area (Å²) in [4.78, 5) is 23.8. The Morgan fingerprint density at radius 2 is 1.92 bits per heavy atom. The van der Waals surface area contributed by atoms with Gasteiger partial charge >= 0.3 is 0 Å². The van der Waals surface area contributed by atoms with Gasteiger partial charge in [0.05, 0.1) is 12.6 Å². The Labute approximate surface area is 154 Å². The third-order valence-corrected chi connectivity index (χ3v) is 4.39. The zero-order chi connectivity index (χ0) is 17.6. The Kier molecular flexibility index (Phi) is 7.99. The van der Waals surface area contributed by atoms with Gasteiger partial charge in [-0.05, 0) is 31.0 Å². The monoisotopic (exact) mass is 371 g/mol. The summed E-state index contributed by atoms with van der Waals surface area (Å²) in [5, 5.41) is 5.54. The van der Waals surface area contributed by atoms with Gasteiger partial charge in [-0.15, -0.1) is 12.4 Å². The predicted octanol–water partition coefficient (Wildman–Crippen LogP) is 1.24. The molecule has 0 radical (unpaired) electrons. The largest absolute Gasteiger partial charge is 0.493 e. The van der Waals surface area contributed by atoms with Crippen molar-refractivity contribution in [1.82, 2.24) is 10.6 Å². The van der Waals surface area contributed by atoms with E-state index in [9.17, 15) is 9.59 Å². The molecule has 8 heteroatoms. The Morgan fingerprint density at radius 3 is 2.48 bits per heavy atom. The molecule has 0 bridgehead atoms. The molecule has 1 aromatic rings. The van der Waals surface area contributed by atoms with E-state index >= 15 is 0 Å². The molecule has 0 aromatic heterocycles. The summed E-state index contributed by atoms with van der Waals surface area (Å²) in [6.07, 6.45) is 3.96. The first-order valence-electron chi connectivity index (χ1n) is 8.07. The van der Waals surface area contributed by atoms with Crippen LogP contribution in [0.4, 0.5) is 0 Å². The Hall–Kier alpha value is -1.99. The number of carbonyl (C=O) groups is 2. The summed E-state index contributed by atoms with van der Waals surface area (Å²) in [5.41, 5.74) is 6.02. The van der Waals surface area contributed by atoms with Crippen LogP contribution in [0.15, 0.2) is 18.2 Å². The summed E-state index contributed by atoms with van der Waals surface area (Å²) in [6, 6.07) is 4.88. The average Bonchev–Trinajstić information content (AvgIpc) is 3.08. The molecule has 25 heavy (non-hydrogen) atoms. The molecule has 1 aliphatic rings. The third kappa shape index (κ3) is 5.24. The van der Waals surface area contributed by atoms with Crippen molar-refractivity contribution >= 4 is 24.2 Å². The van der Waals surface area contributed by atoms with Crippen molar-refractivity contribution in [2.75, 3.05) is 27.3 Å². The quantitative estimate of drug-likeness (QED) is 0.669. The lowest BCUT2D eigenvalue weighted by atomic mass is 9.97. The molecule has 1 fully saturated rings. The van der Waals surface area contributed by atoms with Gasteiger partial charge < -0.3 is 25.8 Å². The van der Waals surface area contributed by atoms with Gasteiger partial charge in [-0.25, -0.2) is 0 Å². The molecule has 140 valence electrons. The van der Waals surface area contributed by atoms with Crippen molar-refractivity contribution < 1.29 is 19.1 Å². The maximum atomic E-state index is 12.5. The number of nitrogens with one attached hydrogen (secondary N) is 2. The van der Waals surface area contributed by atoms with Crippen LogP contribution in [0.25, 0.3) is 0 Å². The Morgan fingerprint density at radius 1 is 1.24 bits per heavy atom. The minimum atomic E-state index is -0.307. The fourth-order valence-electron chi connectivity index (χ4n) is 2.89. The average molecular weight is 372 g/mol. The number of halogens is 1. The van der Waals surface area contributed by atoms with Crippen LogP contribution in [0.3, 0.4) is 0 Å². The number of benzene rings is 1. The first kappa shape index (κ1) is 21.1. The van der Waals surface area contributed by atoms with Gasteiger partial charge in [0.1, 0.15) is 0 Å². The molecule has 1 aromatic carbocycles. The van der Waals surface area contributed by atoms with E-state index in [1.807, 2.05) is 0 Å². The van der Waals surface area contributed by atoms with Gasteiger partial charge in [-0.1, -0.05) is 12.8 Å². The number of ether oxygens (including phenoxy) is 2. The molecule has 4 N–H and O–H groups in total. The second kappa shape index (κ2) is 9.48. The number of amides is 2. The number of methoxy groups -OCH3 is 1. The fraction of sp³-hybridized carbons (Fsp3) is 0.529. The molecule has 0 unspecified atom stereocenters. The third-order valence-electron chi connectivity index (χ3n) is 4.39. The molecule has 1 aliphatic carbocycles. The Bertz CT molecular complexity index is 604. The summed E-state index contributed by atoms with van der Waals surface area (Å²) in [5.74, 6) is 0.385. The number of hydrogen-bond donors (Lipinski definition) is 3. The number of nitrogens with two attached hydrogens (primary N) is 1. The number of hydrogen-bond acceptors (Lipinski definition) is 5. The normalized spacial score (nSPS) is 15.0. The van der Waals surface area contributed by atoms with E-state index < -0.39 is 0 Å². The van der Waals surface area contributed by atoms with Crippen molar-refractivity contribution in [3.63, 3.8) is 0 Å². The fourth-order valence-corrected chi connectivity index (χ4v) is 2.89. The number of rotatable bonds is 7. The SMILES string of the molecule is CNC(=O)COc1ccc(C(=O)NC2(CN)CCCC2)cc1OC.Cl. The highest BCUT2D eigenvalue weighted by Crippen LogP contribution is 2.31. The van der Waals surface area contributed by atoms with Crippen molar-refractivity contribution in [2.45, 2.75) is 31.2 Å². The highest BCUT2D eigenvalue weighted by molar-refractivity contribution is 5.95. The van der Waals surface area contributed by atoms with Gasteiger partial charge in [-0.2, -0.15) is 0 Å². The lowest BCUT2D eigenvalue weighted by Gasteiger charge is -2.28. The molecule has 0 spiro atoms. The van der Waals surface area contributed by atoms with E-state index in [0.717, 1.165) is 25.7 Å². The smallest absolute Gasteiger partial charge is 0.257 e. The van der Waals surface area contributed by atoms with Gasteiger partial charge in [-0.3, -0.25) is 9.59 Å². The van der Waals surface area contributed by atoms with Crippen LogP contribution in [0.2, 0.25) is 0 Å². The zero-order valence-electron chi connectivity index (χ0n) is 14.6. The minimum Gasteiger partial charge on any atom is -0.493 e. The topological polar surface area (TPSA) is 103 Å². The van der Waals surface area contributed by atoms with Gasteiger partial charge in [0.2, 0.25) is 0 Å². The van der Waals surface area contributed by atoms with Crippen LogP contribution in [-0.2, 0) is 4.79 Å². The number of carbonyl (C=O) groups excluding carboxylic acids is 2. The first-order valence-corrected chi connectivity index (χ1v) is 8.07. The van der Waals surface area contributed by atoms with Crippen LogP contribution in [-0.4, -0.2) is 44.7 Å². The van der Waals surface area contributed by atoms with Crippen LogP contribution < -0.4 is 25.8 Å². The second-order valence-electron chi connectivity index (χ2n) is 5.97.